The van der Waals surface area contributed by atoms with Crippen molar-refractivity contribution in [2.75, 3.05) is 13.7 Å². The van der Waals surface area contributed by atoms with Gasteiger partial charge in [0.05, 0.1) is 7.11 Å². The van der Waals surface area contributed by atoms with E-state index in [1.165, 1.54) is 5.56 Å². The number of benzene rings is 2. The molecule has 1 aliphatic heterocycles. The Morgan fingerprint density at radius 1 is 1.14 bits per heavy atom. The zero-order valence-electron chi connectivity index (χ0n) is 16.8. The normalized spacial score (nSPS) is 16.1. The molecule has 5 nitrogen and oxygen atoms in total. The van der Waals surface area contributed by atoms with Crippen LogP contribution in [0.1, 0.15) is 52.6 Å². The highest BCUT2D eigenvalue weighted by atomic mass is 16.5. The van der Waals surface area contributed by atoms with Crippen LogP contribution in [0.5, 0.6) is 5.75 Å². The van der Waals surface area contributed by atoms with Gasteiger partial charge in [-0.25, -0.2) is 0 Å². The van der Waals surface area contributed by atoms with Crippen LogP contribution >= 0.6 is 0 Å². The molecule has 0 aromatic heterocycles. The second-order valence-electron chi connectivity index (χ2n) is 7.57. The fraction of sp³-hybridized carbons (Fsp3) is 0.304. The van der Waals surface area contributed by atoms with Crippen LogP contribution in [0.25, 0.3) is 5.70 Å². The lowest BCUT2D eigenvalue weighted by molar-refractivity contribution is 0.0954. The van der Waals surface area contributed by atoms with Crippen LogP contribution in [0.3, 0.4) is 0 Å². The molecule has 1 aliphatic rings. The fourth-order valence-corrected chi connectivity index (χ4v) is 3.42. The van der Waals surface area contributed by atoms with Crippen LogP contribution in [0.15, 0.2) is 48.5 Å². The van der Waals surface area contributed by atoms with Crippen molar-refractivity contribution in [3.05, 3.63) is 70.8 Å². The monoisotopic (exact) mass is 378 g/mol. The van der Waals surface area contributed by atoms with Gasteiger partial charge in [0.15, 0.2) is 5.78 Å². The number of allylic oxidation sites excluding steroid dienone is 1. The molecule has 0 aliphatic carbocycles. The molecule has 3 rings (SSSR count). The maximum atomic E-state index is 12.8. The zero-order valence-corrected chi connectivity index (χ0v) is 16.8. The average Bonchev–Trinajstić information content (AvgIpc) is 2.67. The highest BCUT2D eigenvalue weighted by Gasteiger charge is 2.28. The maximum Gasteiger partial charge on any atom is 0.251 e. The van der Waals surface area contributed by atoms with E-state index in [0.29, 0.717) is 17.7 Å². The van der Waals surface area contributed by atoms with E-state index in [1.54, 1.807) is 37.5 Å². The molecule has 0 saturated carbocycles. The average molecular weight is 378 g/mol. The second kappa shape index (κ2) is 7.89. The summed E-state index contributed by atoms with van der Waals surface area (Å²) in [7, 11) is 1.63. The summed E-state index contributed by atoms with van der Waals surface area (Å²) < 4.78 is 5.35. The first-order valence-electron chi connectivity index (χ1n) is 9.43. The lowest BCUT2D eigenvalue weighted by Gasteiger charge is -2.35. The number of carbonyl (C=O) groups is 2. The number of hydrogen-bond acceptors (Lipinski definition) is 4. The lowest BCUT2D eigenvalue weighted by Crippen LogP contribution is -2.43. The third-order valence-electron chi connectivity index (χ3n) is 4.76. The molecule has 1 heterocycles. The molecule has 2 aromatic rings. The third kappa shape index (κ3) is 4.25. The van der Waals surface area contributed by atoms with Gasteiger partial charge in [0.1, 0.15) is 5.75 Å². The molecule has 0 unspecified atom stereocenters. The van der Waals surface area contributed by atoms with Crippen molar-refractivity contribution in [2.24, 2.45) is 0 Å². The van der Waals surface area contributed by atoms with Gasteiger partial charge in [0.2, 0.25) is 0 Å². The minimum atomic E-state index is -0.157. The van der Waals surface area contributed by atoms with Gasteiger partial charge >= 0.3 is 0 Å². The molecule has 0 spiro atoms. The molecule has 0 atom stereocenters. The van der Waals surface area contributed by atoms with Crippen molar-refractivity contribution in [3.8, 4) is 5.75 Å². The van der Waals surface area contributed by atoms with E-state index in [-0.39, 0.29) is 17.2 Å². The number of carbonyl (C=O) groups excluding carboxylic acids is 2. The number of hydrogen-bond donors (Lipinski definition) is 2. The van der Waals surface area contributed by atoms with E-state index < -0.39 is 0 Å². The molecule has 146 valence electrons. The van der Waals surface area contributed by atoms with E-state index in [1.807, 2.05) is 19.1 Å². The SMILES string of the molecule is CCNC(=O)c1ccc(C(=O)/C=C2\NC(C)(C)Cc3ccc(OC)cc32)cc1. The number of methoxy groups -OCH3 is 1. The molecule has 5 heteroatoms. The van der Waals surface area contributed by atoms with Crippen LogP contribution in [0, 0.1) is 0 Å². The Morgan fingerprint density at radius 3 is 2.46 bits per heavy atom. The summed E-state index contributed by atoms with van der Waals surface area (Å²) in [4.78, 5) is 24.7. The summed E-state index contributed by atoms with van der Waals surface area (Å²) in [5, 5.41) is 6.22. The van der Waals surface area contributed by atoms with Gasteiger partial charge in [-0.05, 0) is 57.0 Å². The molecular weight excluding hydrogens is 352 g/mol. The van der Waals surface area contributed by atoms with Crippen molar-refractivity contribution >= 4 is 17.4 Å². The molecule has 0 saturated heterocycles. The predicted molar refractivity (Wildman–Crippen MR) is 111 cm³/mol. The van der Waals surface area contributed by atoms with Crippen LogP contribution in [-0.4, -0.2) is 30.9 Å². The van der Waals surface area contributed by atoms with Crippen molar-refractivity contribution < 1.29 is 14.3 Å². The quantitative estimate of drug-likeness (QED) is 0.616. The van der Waals surface area contributed by atoms with Crippen LogP contribution < -0.4 is 15.4 Å². The van der Waals surface area contributed by atoms with Crippen LogP contribution in [0.4, 0.5) is 0 Å². The Morgan fingerprint density at radius 2 is 1.82 bits per heavy atom. The van der Waals surface area contributed by atoms with Gasteiger partial charge in [-0.15, -0.1) is 0 Å². The molecule has 1 amide bonds. The van der Waals surface area contributed by atoms with Gasteiger partial charge < -0.3 is 15.4 Å². The van der Waals surface area contributed by atoms with Gasteiger partial charge in [0.25, 0.3) is 5.91 Å². The molecular formula is C23H26N2O3. The Balaban J connectivity index is 1.92. The standard InChI is InChI=1S/C23H26N2O3/c1-5-24-22(27)16-8-6-15(7-9-16)21(26)13-20-19-12-18(28-4)11-10-17(19)14-23(2,3)25-20/h6-13,25H,5,14H2,1-4H3,(H,24,27)/b20-13-. The predicted octanol–water partition coefficient (Wildman–Crippen LogP) is 3.59. The molecule has 0 radical (unpaired) electrons. The summed E-state index contributed by atoms with van der Waals surface area (Å²) in [5.41, 5.74) is 3.85. The zero-order chi connectivity index (χ0) is 20.3. The largest absolute Gasteiger partial charge is 0.497 e. The van der Waals surface area contributed by atoms with Crippen molar-refractivity contribution in [1.82, 2.24) is 10.6 Å². The fourth-order valence-electron chi connectivity index (χ4n) is 3.42. The Hall–Kier alpha value is -3.08. The summed E-state index contributed by atoms with van der Waals surface area (Å²) in [6, 6.07) is 12.7. The van der Waals surface area contributed by atoms with Gasteiger partial charge in [-0.2, -0.15) is 0 Å². The third-order valence-corrected chi connectivity index (χ3v) is 4.76. The van der Waals surface area contributed by atoms with Gasteiger partial charge in [-0.3, -0.25) is 9.59 Å². The number of fused-ring (bicyclic) bond motifs is 1. The number of ketones is 1. The first kappa shape index (κ1) is 19.7. The smallest absolute Gasteiger partial charge is 0.251 e. The number of ether oxygens (including phenoxy) is 1. The van der Waals surface area contributed by atoms with E-state index in [9.17, 15) is 9.59 Å². The van der Waals surface area contributed by atoms with Gasteiger partial charge in [-0.1, -0.05) is 18.2 Å². The maximum absolute atomic E-state index is 12.8. The summed E-state index contributed by atoms with van der Waals surface area (Å²) >= 11 is 0. The van der Waals surface area contributed by atoms with Crippen molar-refractivity contribution in [3.63, 3.8) is 0 Å². The van der Waals surface area contributed by atoms with Gasteiger partial charge in [0, 0.05) is 40.5 Å². The van der Waals surface area contributed by atoms with E-state index in [4.69, 9.17) is 4.74 Å². The molecule has 2 aromatic carbocycles. The Bertz CT molecular complexity index is 927. The molecule has 28 heavy (non-hydrogen) atoms. The number of rotatable bonds is 5. The van der Waals surface area contributed by atoms with Crippen LogP contribution in [-0.2, 0) is 6.42 Å². The second-order valence-corrected chi connectivity index (χ2v) is 7.57. The highest BCUT2D eigenvalue weighted by Crippen LogP contribution is 2.32. The topological polar surface area (TPSA) is 67.4 Å². The van der Waals surface area contributed by atoms with Crippen LogP contribution in [0.2, 0.25) is 0 Å². The highest BCUT2D eigenvalue weighted by molar-refractivity contribution is 6.09. The molecule has 0 bridgehead atoms. The minimum Gasteiger partial charge on any atom is -0.497 e. The van der Waals surface area contributed by atoms with E-state index in [2.05, 4.69) is 30.5 Å². The van der Waals surface area contributed by atoms with E-state index in [0.717, 1.165) is 23.4 Å². The first-order valence-corrected chi connectivity index (χ1v) is 9.43. The first-order chi connectivity index (χ1) is 13.3. The summed E-state index contributed by atoms with van der Waals surface area (Å²) in [6.45, 7) is 6.66. The summed E-state index contributed by atoms with van der Waals surface area (Å²) in [5.74, 6) is 0.498. The number of nitrogens with one attached hydrogen (secondary N) is 2. The summed E-state index contributed by atoms with van der Waals surface area (Å²) in [6.07, 6.45) is 2.49. The minimum absolute atomic E-state index is 0.114. The Labute approximate surface area is 165 Å². The molecule has 2 N–H and O–H groups in total. The van der Waals surface area contributed by atoms with Crippen molar-refractivity contribution in [1.29, 1.82) is 0 Å². The molecule has 0 fully saturated rings. The van der Waals surface area contributed by atoms with E-state index >= 15 is 0 Å². The van der Waals surface area contributed by atoms with Crippen molar-refractivity contribution in [2.45, 2.75) is 32.7 Å². The Kier molecular flexibility index (Phi) is 5.54. The lowest BCUT2D eigenvalue weighted by atomic mass is 9.85. The number of amides is 1.